The highest BCUT2D eigenvalue weighted by atomic mass is 16.6. The Morgan fingerprint density at radius 2 is 2.00 bits per heavy atom. The van der Waals surface area contributed by atoms with Crippen LogP contribution in [0, 0.1) is 0 Å². The zero-order chi connectivity index (χ0) is 13.1. The molecule has 1 unspecified atom stereocenters. The predicted octanol–water partition coefficient (Wildman–Crippen LogP) is 2.10. The van der Waals surface area contributed by atoms with Gasteiger partial charge in [-0.15, -0.1) is 0 Å². The van der Waals surface area contributed by atoms with E-state index in [4.69, 9.17) is 15.2 Å². The number of benzene rings is 1. The molecule has 2 aromatic rings. The van der Waals surface area contributed by atoms with Gasteiger partial charge in [-0.25, -0.2) is 0 Å². The van der Waals surface area contributed by atoms with Gasteiger partial charge in [-0.3, -0.25) is 4.98 Å². The minimum atomic E-state index is -0.0694. The smallest absolute Gasteiger partial charge is 0.161 e. The molecule has 0 bridgehead atoms. The number of fused-ring (bicyclic) bond motifs is 1. The van der Waals surface area contributed by atoms with E-state index in [-0.39, 0.29) is 6.04 Å². The van der Waals surface area contributed by atoms with Crippen LogP contribution in [0.4, 0.5) is 0 Å². The van der Waals surface area contributed by atoms with E-state index in [9.17, 15) is 0 Å². The lowest BCUT2D eigenvalue weighted by Gasteiger charge is -2.20. The molecule has 1 aromatic heterocycles. The van der Waals surface area contributed by atoms with Crippen molar-refractivity contribution in [2.75, 3.05) is 13.2 Å². The van der Waals surface area contributed by atoms with Gasteiger partial charge in [-0.2, -0.15) is 0 Å². The summed E-state index contributed by atoms with van der Waals surface area (Å²) in [5.74, 6) is 1.58. The first-order valence-corrected chi connectivity index (χ1v) is 6.37. The van der Waals surface area contributed by atoms with Crippen molar-refractivity contribution < 1.29 is 9.47 Å². The van der Waals surface area contributed by atoms with Gasteiger partial charge in [0.05, 0.1) is 0 Å². The fourth-order valence-electron chi connectivity index (χ4n) is 2.18. The normalized spacial score (nSPS) is 15.0. The van der Waals surface area contributed by atoms with Crippen LogP contribution >= 0.6 is 0 Å². The summed E-state index contributed by atoms with van der Waals surface area (Å²) >= 11 is 0. The van der Waals surface area contributed by atoms with Crippen LogP contribution in [-0.2, 0) is 6.42 Å². The molecule has 2 heterocycles. The summed E-state index contributed by atoms with van der Waals surface area (Å²) in [5.41, 5.74) is 8.41. The van der Waals surface area contributed by atoms with Crippen molar-refractivity contribution in [2.24, 2.45) is 5.73 Å². The Balaban J connectivity index is 1.78. The van der Waals surface area contributed by atoms with E-state index in [1.165, 1.54) is 0 Å². The number of rotatable bonds is 3. The van der Waals surface area contributed by atoms with Crippen LogP contribution in [0.25, 0.3) is 0 Å². The molecule has 2 N–H and O–H groups in total. The van der Waals surface area contributed by atoms with Crippen molar-refractivity contribution in [2.45, 2.75) is 12.5 Å². The summed E-state index contributed by atoms with van der Waals surface area (Å²) < 4.78 is 11.1. The summed E-state index contributed by atoms with van der Waals surface area (Å²) in [5, 5.41) is 0. The predicted molar refractivity (Wildman–Crippen MR) is 72.3 cm³/mol. The Morgan fingerprint density at radius 1 is 1.16 bits per heavy atom. The van der Waals surface area contributed by atoms with Gasteiger partial charge in [0.25, 0.3) is 0 Å². The minimum absolute atomic E-state index is 0.0694. The van der Waals surface area contributed by atoms with Gasteiger partial charge < -0.3 is 15.2 Å². The van der Waals surface area contributed by atoms with Crippen molar-refractivity contribution in [1.29, 1.82) is 0 Å². The maximum absolute atomic E-state index is 6.24. The lowest BCUT2D eigenvalue weighted by atomic mass is 10.0. The maximum Gasteiger partial charge on any atom is 0.161 e. The molecule has 3 rings (SSSR count). The van der Waals surface area contributed by atoms with E-state index < -0.39 is 0 Å². The number of pyridine rings is 1. The van der Waals surface area contributed by atoms with Crippen LogP contribution in [0.2, 0.25) is 0 Å². The molecule has 0 amide bonds. The third kappa shape index (κ3) is 2.69. The fourth-order valence-corrected chi connectivity index (χ4v) is 2.18. The Labute approximate surface area is 112 Å². The van der Waals surface area contributed by atoms with Gasteiger partial charge in [-0.05, 0) is 35.7 Å². The molecule has 0 spiro atoms. The van der Waals surface area contributed by atoms with Crippen molar-refractivity contribution >= 4 is 0 Å². The Bertz CT molecular complexity index is 557. The molecule has 1 aliphatic heterocycles. The van der Waals surface area contributed by atoms with E-state index >= 15 is 0 Å². The molecular weight excluding hydrogens is 240 g/mol. The summed E-state index contributed by atoms with van der Waals surface area (Å²) in [7, 11) is 0. The molecule has 0 fully saturated rings. The van der Waals surface area contributed by atoms with E-state index in [0.717, 1.165) is 29.0 Å². The van der Waals surface area contributed by atoms with E-state index in [1.54, 1.807) is 6.20 Å². The quantitative estimate of drug-likeness (QED) is 0.913. The number of nitrogens with zero attached hydrogens (tertiary/aromatic N) is 1. The van der Waals surface area contributed by atoms with E-state index in [1.807, 2.05) is 36.5 Å². The Hall–Kier alpha value is -2.07. The minimum Gasteiger partial charge on any atom is -0.486 e. The topological polar surface area (TPSA) is 57.4 Å². The number of hydrogen-bond donors (Lipinski definition) is 1. The van der Waals surface area contributed by atoms with E-state index in [0.29, 0.717) is 13.2 Å². The Morgan fingerprint density at radius 3 is 2.79 bits per heavy atom. The molecule has 0 saturated carbocycles. The highest BCUT2D eigenvalue weighted by molar-refractivity contribution is 5.44. The van der Waals surface area contributed by atoms with Gasteiger partial charge in [-0.1, -0.05) is 12.1 Å². The molecule has 0 aliphatic carbocycles. The second-order valence-electron chi connectivity index (χ2n) is 4.57. The molecule has 0 radical (unpaired) electrons. The fraction of sp³-hybridized carbons (Fsp3) is 0.267. The van der Waals surface area contributed by atoms with Crippen LogP contribution < -0.4 is 15.2 Å². The van der Waals surface area contributed by atoms with Crippen LogP contribution in [-0.4, -0.2) is 18.2 Å². The zero-order valence-electron chi connectivity index (χ0n) is 10.6. The first-order valence-electron chi connectivity index (χ1n) is 6.37. The van der Waals surface area contributed by atoms with Gasteiger partial charge >= 0.3 is 0 Å². The van der Waals surface area contributed by atoms with Crippen LogP contribution in [0.1, 0.15) is 17.2 Å². The van der Waals surface area contributed by atoms with Crippen molar-refractivity contribution in [3.63, 3.8) is 0 Å². The first-order chi connectivity index (χ1) is 9.33. The monoisotopic (exact) mass is 256 g/mol. The third-order valence-electron chi connectivity index (χ3n) is 3.17. The highest BCUT2D eigenvalue weighted by Gasteiger charge is 2.15. The van der Waals surface area contributed by atoms with Gasteiger partial charge in [0.15, 0.2) is 11.5 Å². The summed E-state index contributed by atoms with van der Waals surface area (Å²) in [4.78, 5) is 4.10. The number of ether oxygens (including phenoxy) is 2. The average molecular weight is 256 g/mol. The second kappa shape index (κ2) is 5.28. The number of nitrogens with two attached hydrogens (primary N) is 1. The zero-order valence-corrected chi connectivity index (χ0v) is 10.6. The molecule has 4 heteroatoms. The Kier molecular flexibility index (Phi) is 3.33. The molecule has 4 nitrogen and oxygen atoms in total. The molecule has 98 valence electrons. The van der Waals surface area contributed by atoms with Crippen molar-refractivity contribution in [3.8, 4) is 11.5 Å². The molecule has 19 heavy (non-hydrogen) atoms. The summed E-state index contributed by atoms with van der Waals surface area (Å²) in [6, 6.07) is 9.77. The van der Waals surface area contributed by atoms with Crippen LogP contribution in [0.3, 0.4) is 0 Å². The molecule has 1 atom stereocenters. The van der Waals surface area contributed by atoms with Crippen molar-refractivity contribution in [3.05, 3.63) is 53.9 Å². The summed E-state index contributed by atoms with van der Waals surface area (Å²) in [6.07, 6.45) is 4.37. The van der Waals surface area contributed by atoms with Crippen LogP contribution in [0.15, 0.2) is 42.7 Å². The van der Waals surface area contributed by atoms with Gasteiger partial charge in [0.1, 0.15) is 13.2 Å². The lowest BCUT2D eigenvalue weighted by Crippen LogP contribution is -2.17. The molecule has 1 aromatic carbocycles. The van der Waals surface area contributed by atoms with Gasteiger partial charge in [0, 0.05) is 18.4 Å². The molecule has 1 aliphatic rings. The number of hydrogen-bond acceptors (Lipinski definition) is 4. The third-order valence-corrected chi connectivity index (χ3v) is 3.17. The molecule has 0 saturated heterocycles. The highest BCUT2D eigenvalue weighted by Crippen LogP contribution is 2.32. The maximum atomic E-state index is 6.24. The van der Waals surface area contributed by atoms with Gasteiger partial charge in [0.2, 0.25) is 0 Å². The van der Waals surface area contributed by atoms with Crippen LogP contribution in [0.5, 0.6) is 11.5 Å². The standard InChI is InChI=1S/C15H16N2O2/c16-13(8-11-2-1-5-17-10-11)12-3-4-14-15(9-12)19-7-6-18-14/h1-5,9-10,13H,6-8,16H2. The lowest BCUT2D eigenvalue weighted by molar-refractivity contribution is 0.171. The van der Waals surface area contributed by atoms with Crippen molar-refractivity contribution in [1.82, 2.24) is 4.98 Å². The second-order valence-corrected chi connectivity index (χ2v) is 4.57. The molecular formula is C15H16N2O2. The first kappa shape index (κ1) is 12.0. The largest absolute Gasteiger partial charge is 0.486 e. The van der Waals surface area contributed by atoms with E-state index in [2.05, 4.69) is 4.98 Å². The summed E-state index contributed by atoms with van der Waals surface area (Å²) in [6.45, 7) is 1.20. The number of aromatic nitrogens is 1. The average Bonchev–Trinajstić information content (AvgIpc) is 2.48. The SMILES string of the molecule is NC(Cc1cccnc1)c1ccc2c(c1)OCCO2.